The molecule has 6 nitrogen and oxygen atoms in total. The maximum atomic E-state index is 12.4. The molecule has 1 aromatic rings. The second-order valence-electron chi connectivity index (χ2n) is 6.33. The van der Waals surface area contributed by atoms with Crippen molar-refractivity contribution in [3.8, 4) is 18.1 Å². The molecule has 0 fully saturated rings. The van der Waals surface area contributed by atoms with Crippen molar-refractivity contribution in [2.45, 2.75) is 26.3 Å². The molecule has 0 saturated carbocycles. The number of anilines is 1. The summed E-state index contributed by atoms with van der Waals surface area (Å²) < 4.78 is 22.6. The van der Waals surface area contributed by atoms with Crippen LogP contribution in [0.3, 0.4) is 0 Å². The van der Waals surface area contributed by atoms with Crippen LogP contribution in [0.1, 0.15) is 20.8 Å². The van der Waals surface area contributed by atoms with Crippen LogP contribution in [-0.4, -0.2) is 43.7 Å². The molecular weight excluding hydrogens is 315 g/mol. The van der Waals surface area contributed by atoms with Crippen LogP contribution in [0.15, 0.2) is 12.3 Å². The van der Waals surface area contributed by atoms with E-state index in [9.17, 15) is 9.36 Å². The molecule has 0 saturated heterocycles. The Morgan fingerprint density at radius 1 is 1.43 bits per heavy atom. The van der Waals surface area contributed by atoms with Crippen molar-refractivity contribution in [2.75, 3.05) is 31.9 Å². The van der Waals surface area contributed by atoms with E-state index in [0.29, 0.717) is 16.9 Å². The zero-order valence-corrected chi connectivity index (χ0v) is 15.3. The second-order valence-corrected chi connectivity index (χ2v) is 9.49. The zero-order valence-electron chi connectivity index (χ0n) is 14.4. The Morgan fingerprint density at radius 3 is 2.48 bits per heavy atom. The van der Waals surface area contributed by atoms with Crippen molar-refractivity contribution in [3.63, 3.8) is 0 Å². The van der Waals surface area contributed by atoms with E-state index in [1.807, 2.05) is 20.8 Å². The predicted octanol–water partition coefficient (Wildman–Crippen LogP) is 2.71. The van der Waals surface area contributed by atoms with Gasteiger partial charge in [-0.1, -0.05) is 5.92 Å². The van der Waals surface area contributed by atoms with E-state index in [1.54, 1.807) is 19.4 Å². The minimum Gasteiger partial charge on any atom is -0.494 e. The van der Waals surface area contributed by atoms with Gasteiger partial charge in [-0.05, 0) is 34.1 Å². The zero-order chi connectivity index (χ0) is 17.8. The van der Waals surface area contributed by atoms with E-state index < -0.39 is 18.8 Å². The Kier molecular flexibility index (Phi) is 5.85. The highest BCUT2D eigenvalue weighted by Gasteiger charge is 2.32. The third-order valence-corrected chi connectivity index (χ3v) is 4.32. The van der Waals surface area contributed by atoms with Gasteiger partial charge < -0.3 is 14.0 Å². The summed E-state index contributed by atoms with van der Waals surface area (Å²) in [6.07, 6.45) is 6.01. The summed E-state index contributed by atoms with van der Waals surface area (Å²) in [7, 11) is -1.06. The first-order valence-electron chi connectivity index (χ1n) is 7.02. The van der Waals surface area contributed by atoms with Crippen LogP contribution < -0.4 is 15.1 Å². The van der Waals surface area contributed by atoms with Gasteiger partial charge in [0, 0.05) is 11.6 Å². The average Bonchev–Trinajstić information content (AvgIpc) is 2.42. The van der Waals surface area contributed by atoms with Crippen molar-refractivity contribution in [1.29, 1.82) is 0 Å². The van der Waals surface area contributed by atoms with Crippen molar-refractivity contribution < 1.29 is 18.8 Å². The molecule has 1 heterocycles. The van der Waals surface area contributed by atoms with Crippen molar-refractivity contribution in [1.82, 2.24) is 4.98 Å². The number of pyridine rings is 1. The van der Waals surface area contributed by atoms with Crippen molar-refractivity contribution in [2.24, 2.45) is 0 Å². The third kappa shape index (κ3) is 4.74. The molecule has 0 aromatic carbocycles. The van der Waals surface area contributed by atoms with Gasteiger partial charge in [-0.15, -0.1) is 6.42 Å². The molecule has 1 amide bonds. The first kappa shape index (κ1) is 19.1. The van der Waals surface area contributed by atoms with Crippen molar-refractivity contribution in [3.05, 3.63) is 12.3 Å². The highest BCUT2D eigenvalue weighted by molar-refractivity contribution is 7.69. The lowest BCUT2D eigenvalue weighted by molar-refractivity contribution is 0.161. The number of carbonyl (C=O) groups is 1. The summed E-state index contributed by atoms with van der Waals surface area (Å²) in [5.74, 6) is 2.66. The van der Waals surface area contributed by atoms with Gasteiger partial charge in [-0.25, -0.2) is 4.79 Å². The molecule has 0 atom stereocenters. The quantitative estimate of drug-likeness (QED) is 0.624. The van der Waals surface area contributed by atoms with E-state index >= 15 is 0 Å². The number of amides is 1. The fourth-order valence-electron chi connectivity index (χ4n) is 1.95. The molecule has 1 rings (SSSR count). The molecule has 0 radical (unpaired) electrons. The molecule has 126 valence electrons. The Hall–Kier alpha value is -1.99. The Balaban J connectivity index is 3.40. The van der Waals surface area contributed by atoms with E-state index in [-0.39, 0.29) is 6.61 Å². The standard InChI is InChI=1S/C16H23N2O4P/c1-8-9-22-15(19)18(16(2,3)4)12-11-17-14(23(6,7)20)10-13(12)21-5/h1,10-11H,9H2,2-7H3. The van der Waals surface area contributed by atoms with E-state index in [0.717, 1.165) is 0 Å². The molecule has 0 bridgehead atoms. The highest BCUT2D eigenvalue weighted by Crippen LogP contribution is 2.38. The molecule has 0 N–H and O–H groups in total. The third-order valence-electron chi connectivity index (χ3n) is 2.98. The molecule has 23 heavy (non-hydrogen) atoms. The van der Waals surface area contributed by atoms with E-state index in [2.05, 4.69) is 10.9 Å². The van der Waals surface area contributed by atoms with Gasteiger partial charge in [0.25, 0.3) is 0 Å². The van der Waals surface area contributed by atoms with Gasteiger partial charge in [0.2, 0.25) is 0 Å². The normalized spacial score (nSPS) is 11.5. The smallest absolute Gasteiger partial charge is 0.415 e. The van der Waals surface area contributed by atoms with Crippen LogP contribution in [0.25, 0.3) is 0 Å². The van der Waals surface area contributed by atoms with Crippen LogP contribution in [0.4, 0.5) is 10.5 Å². The summed E-state index contributed by atoms with van der Waals surface area (Å²) in [5.41, 5.74) is 0.271. The summed E-state index contributed by atoms with van der Waals surface area (Å²) >= 11 is 0. The van der Waals surface area contributed by atoms with Crippen LogP contribution in [0, 0.1) is 12.3 Å². The van der Waals surface area contributed by atoms with Crippen molar-refractivity contribution >= 4 is 24.4 Å². The number of aromatic nitrogens is 1. The fourth-order valence-corrected chi connectivity index (χ4v) is 2.71. The predicted molar refractivity (Wildman–Crippen MR) is 92.3 cm³/mol. The first-order valence-corrected chi connectivity index (χ1v) is 9.62. The largest absolute Gasteiger partial charge is 0.494 e. The molecule has 0 aliphatic heterocycles. The van der Waals surface area contributed by atoms with Gasteiger partial charge in [0.05, 0.1) is 13.3 Å². The molecule has 1 aromatic heterocycles. The first-order chi connectivity index (χ1) is 10.5. The number of rotatable bonds is 4. The number of ether oxygens (including phenoxy) is 2. The summed E-state index contributed by atoms with van der Waals surface area (Å²) in [5, 5.41) is 0. The monoisotopic (exact) mass is 338 g/mol. The van der Waals surface area contributed by atoms with E-state index in [4.69, 9.17) is 15.9 Å². The number of hydrogen-bond donors (Lipinski definition) is 0. The summed E-state index contributed by atoms with van der Waals surface area (Å²) in [6.45, 7) is 8.67. The maximum Gasteiger partial charge on any atom is 0.415 e. The molecule has 0 spiro atoms. The van der Waals surface area contributed by atoms with Crippen LogP contribution in [0.2, 0.25) is 0 Å². The number of terminal acetylenes is 1. The van der Waals surface area contributed by atoms with Gasteiger partial charge in [0.1, 0.15) is 24.0 Å². The molecule has 7 heteroatoms. The lowest BCUT2D eigenvalue weighted by Crippen LogP contribution is -2.46. The van der Waals surface area contributed by atoms with Gasteiger partial charge in [0.15, 0.2) is 6.61 Å². The highest BCUT2D eigenvalue weighted by atomic mass is 31.2. The second kappa shape index (κ2) is 7.06. The number of nitrogens with zero attached hydrogens (tertiary/aromatic N) is 2. The molecular formula is C16H23N2O4P. The van der Waals surface area contributed by atoms with Gasteiger partial charge >= 0.3 is 6.09 Å². The van der Waals surface area contributed by atoms with Crippen LogP contribution in [-0.2, 0) is 9.30 Å². The van der Waals surface area contributed by atoms with E-state index in [1.165, 1.54) is 18.2 Å². The summed E-state index contributed by atoms with van der Waals surface area (Å²) in [6, 6.07) is 1.59. The topological polar surface area (TPSA) is 68.7 Å². The molecule has 0 unspecified atom stereocenters. The Morgan fingerprint density at radius 2 is 2.04 bits per heavy atom. The minimum absolute atomic E-state index is 0.127. The number of hydrogen-bond acceptors (Lipinski definition) is 5. The molecule has 0 aliphatic carbocycles. The fraction of sp³-hybridized carbons (Fsp3) is 0.500. The van der Waals surface area contributed by atoms with Crippen LogP contribution >= 0.6 is 7.14 Å². The average molecular weight is 338 g/mol. The summed E-state index contributed by atoms with van der Waals surface area (Å²) in [4.78, 5) is 18.0. The van der Waals surface area contributed by atoms with Crippen LogP contribution in [0.5, 0.6) is 5.75 Å². The Labute approximate surface area is 137 Å². The SMILES string of the molecule is C#CCOC(=O)N(c1cnc(P(C)(C)=O)cc1OC)C(C)(C)C. The molecule has 0 aliphatic rings. The van der Waals surface area contributed by atoms with Gasteiger partial charge in [-0.2, -0.15) is 0 Å². The lowest BCUT2D eigenvalue weighted by atomic mass is 10.1. The number of carbonyl (C=O) groups excluding carboxylic acids is 1. The lowest BCUT2D eigenvalue weighted by Gasteiger charge is -2.35. The minimum atomic E-state index is -2.54. The maximum absolute atomic E-state index is 12.4. The Bertz CT molecular complexity index is 668. The van der Waals surface area contributed by atoms with Gasteiger partial charge in [-0.3, -0.25) is 9.88 Å². The number of methoxy groups -OCH3 is 1.